The highest BCUT2D eigenvalue weighted by Gasteiger charge is 2.41. The predicted octanol–water partition coefficient (Wildman–Crippen LogP) is 2.79. The molecule has 7 nitrogen and oxygen atoms in total. The van der Waals surface area contributed by atoms with Gasteiger partial charge in [0.05, 0.1) is 16.7 Å². The van der Waals surface area contributed by atoms with Crippen LogP contribution in [0.5, 0.6) is 11.6 Å². The van der Waals surface area contributed by atoms with Crippen LogP contribution in [0.1, 0.15) is 25.7 Å². The molecule has 144 valence electrons. The van der Waals surface area contributed by atoms with Crippen molar-refractivity contribution in [3.05, 3.63) is 36.7 Å². The number of hydrogen-bond acceptors (Lipinski definition) is 7. The number of fused-ring (bicyclic) bond motifs is 3. The van der Waals surface area contributed by atoms with E-state index in [2.05, 4.69) is 25.5 Å². The van der Waals surface area contributed by atoms with Crippen molar-refractivity contribution < 1.29 is 14.2 Å². The van der Waals surface area contributed by atoms with Gasteiger partial charge in [-0.2, -0.15) is 0 Å². The van der Waals surface area contributed by atoms with Crippen molar-refractivity contribution in [3.8, 4) is 22.9 Å². The maximum atomic E-state index is 14.7. The fraction of sp³-hybridized carbons (Fsp3) is 0.400. The molecule has 2 fully saturated rings. The van der Waals surface area contributed by atoms with Gasteiger partial charge in [0.25, 0.3) is 0 Å². The number of phenolic OH excluding ortho intramolecular Hbond substituents is 1. The molecule has 1 aromatic carbocycles. The Balaban J connectivity index is 1.37. The number of nitrogens with zero attached hydrogens (tertiary/aromatic N) is 4. The zero-order valence-corrected chi connectivity index (χ0v) is 15.1. The number of phenols is 1. The zero-order chi connectivity index (χ0) is 19.1. The smallest absolute Gasteiger partial charge is 0.233 e. The Morgan fingerprint density at radius 3 is 2.68 bits per heavy atom. The number of benzene rings is 1. The maximum absolute atomic E-state index is 14.7. The number of aromatic nitrogens is 4. The first-order valence-electron chi connectivity index (χ1n) is 9.52. The van der Waals surface area contributed by atoms with Crippen LogP contribution >= 0.6 is 0 Å². The van der Waals surface area contributed by atoms with Gasteiger partial charge >= 0.3 is 0 Å². The Kier molecular flexibility index (Phi) is 4.27. The summed E-state index contributed by atoms with van der Waals surface area (Å²) in [6.45, 7) is 0. The van der Waals surface area contributed by atoms with E-state index in [1.54, 1.807) is 36.7 Å². The molecule has 0 spiro atoms. The average molecular weight is 381 g/mol. The van der Waals surface area contributed by atoms with Crippen LogP contribution in [0.2, 0.25) is 0 Å². The van der Waals surface area contributed by atoms with Crippen molar-refractivity contribution in [2.75, 3.05) is 0 Å². The zero-order valence-electron chi connectivity index (χ0n) is 15.1. The highest BCUT2D eigenvalue weighted by Crippen LogP contribution is 2.32. The molecule has 2 aliphatic heterocycles. The minimum Gasteiger partial charge on any atom is -0.507 e. The number of ether oxygens (including phenoxy) is 1. The normalized spacial score (nSPS) is 26.9. The van der Waals surface area contributed by atoms with Crippen LogP contribution < -0.4 is 10.1 Å². The van der Waals surface area contributed by atoms with Crippen LogP contribution in [0.25, 0.3) is 22.3 Å². The van der Waals surface area contributed by atoms with E-state index < -0.39 is 12.3 Å². The molecule has 28 heavy (non-hydrogen) atoms. The number of halogens is 1. The summed E-state index contributed by atoms with van der Waals surface area (Å²) < 4.78 is 20.5. The molecule has 2 saturated heterocycles. The van der Waals surface area contributed by atoms with Gasteiger partial charge in [0.2, 0.25) is 5.88 Å². The van der Waals surface area contributed by atoms with Crippen molar-refractivity contribution in [1.29, 1.82) is 0 Å². The van der Waals surface area contributed by atoms with Crippen LogP contribution in [0.3, 0.4) is 0 Å². The van der Waals surface area contributed by atoms with E-state index in [4.69, 9.17) is 4.74 Å². The summed E-state index contributed by atoms with van der Waals surface area (Å²) in [5, 5.41) is 21.9. The third kappa shape index (κ3) is 3.13. The van der Waals surface area contributed by atoms with Gasteiger partial charge in [0.1, 0.15) is 11.9 Å². The van der Waals surface area contributed by atoms with E-state index in [0.717, 1.165) is 19.3 Å². The summed E-state index contributed by atoms with van der Waals surface area (Å²) in [5.74, 6) is 0.336. The highest BCUT2D eigenvalue weighted by molar-refractivity contribution is 5.84. The Labute approximate surface area is 161 Å². The van der Waals surface area contributed by atoms with Gasteiger partial charge in [-0.1, -0.05) is 6.42 Å². The first-order valence-corrected chi connectivity index (χ1v) is 9.52. The second-order valence-corrected chi connectivity index (χ2v) is 7.41. The van der Waals surface area contributed by atoms with Crippen molar-refractivity contribution in [3.63, 3.8) is 0 Å². The van der Waals surface area contributed by atoms with Gasteiger partial charge in [0, 0.05) is 48.6 Å². The standard InChI is InChI=1S/C20H20FN5O2/c21-20-14-3-1-2-11(24-14)8-18(20)28-19-5-4-13(25-26-19)12-9-15-16(10-17(12)27)23-7-6-22-15/h4-7,9-11,14,18,20,24,27H,1-3,8H2/t11?,14?,18-,20+/m0/s1. The first kappa shape index (κ1) is 17.2. The minimum absolute atomic E-state index is 0.0472. The molecule has 2 N–H and O–H groups in total. The number of piperidine rings is 2. The second kappa shape index (κ2) is 6.94. The van der Waals surface area contributed by atoms with E-state index in [0.29, 0.717) is 34.8 Å². The Bertz CT molecular complexity index is 1000. The monoisotopic (exact) mass is 381 g/mol. The summed E-state index contributed by atoms with van der Waals surface area (Å²) in [5.41, 5.74) is 2.24. The van der Waals surface area contributed by atoms with E-state index >= 15 is 0 Å². The molecule has 0 aliphatic carbocycles. The van der Waals surface area contributed by atoms with Gasteiger partial charge in [-0.25, -0.2) is 4.39 Å². The molecule has 4 atom stereocenters. The fourth-order valence-corrected chi connectivity index (χ4v) is 4.16. The SMILES string of the molecule is Oc1cc2nccnc2cc1-c1ccc(O[C@H]2CC3CCCC(N3)[C@H]2F)nn1. The Morgan fingerprint density at radius 2 is 1.89 bits per heavy atom. The van der Waals surface area contributed by atoms with E-state index in [-0.39, 0.29) is 17.7 Å². The molecular formula is C20H20FN5O2. The van der Waals surface area contributed by atoms with Gasteiger partial charge in [-0.05, 0) is 25.0 Å². The molecular weight excluding hydrogens is 361 g/mol. The minimum atomic E-state index is -1.05. The lowest BCUT2D eigenvalue weighted by atomic mass is 9.84. The first-order chi connectivity index (χ1) is 13.7. The molecule has 3 aromatic rings. The predicted molar refractivity (Wildman–Crippen MR) is 101 cm³/mol. The number of nitrogens with one attached hydrogen (secondary N) is 1. The van der Waals surface area contributed by atoms with Crippen LogP contribution in [-0.4, -0.2) is 49.6 Å². The van der Waals surface area contributed by atoms with Crippen LogP contribution in [-0.2, 0) is 0 Å². The molecule has 0 amide bonds. The number of alkyl halides is 1. The number of hydrogen-bond donors (Lipinski definition) is 2. The Hall–Kier alpha value is -2.87. The summed E-state index contributed by atoms with van der Waals surface area (Å²) in [7, 11) is 0. The van der Waals surface area contributed by atoms with Crippen molar-refractivity contribution >= 4 is 11.0 Å². The average Bonchev–Trinajstić information content (AvgIpc) is 2.72. The van der Waals surface area contributed by atoms with Crippen molar-refractivity contribution in [1.82, 2.24) is 25.5 Å². The van der Waals surface area contributed by atoms with E-state index in [1.807, 2.05) is 0 Å². The van der Waals surface area contributed by atoms with Crippen LogP contribution in [0.4, 0.5) is 4.39 Å². The fourth-order valence-electron chi connectivity index (χ4n) is 4.16. The summed E-state index contributed by atoms with van der Waals surface area (Å²) in [6, 6.07) is 6.79. The summed E-state index contributed by atoms with van der Waals surface area (Å²) in [6.07, 6.45) is 5.18. The quantitative estimate of drug-likeness (QED) is 0.721. The Morgan fingerprint density at radius 1 is 1.07 bits per heavy atom. The number of aromatic hydroxyl groups is 1. The highest BCUT2D eigenvalue weighted by atomic mass is 19.1. The number of rotatable bonds is 3. The topological polar surface area (TPSA) is 93.1 Å². The van der Waals surface area contributed by atoms with Gasteiger partial charge < -0.3 is 15.2 Å². The van der Waals surface area contributed by atoms with Crippen molar-refractivity contribution in [2.45, 2.75) is 50.0 Å². The molecule has 2 aromatic heterocycles. The third-order valence-corrected chi connectivity index (χ3v) is 5.55. The van der Waals surface area contributed by atoms with Crippen LogP contribution in [0.15, 0.2) is 36.7 Å². The van der Waals surface area contributed by atoms with E-state index in [9.17, 15) is 9.50 Å². The molecule has 5 rings (SSSR count). The van der Waals surface area contributed by atoms with Crippen LogP contribution in [0, 0.1) is 0 Å². The van der Waals surface area contributed by atoms with Gasteiger partial charge in [-0.15, -0.1) is 10.2 Å². The largest absolute Gasteiger partial charge is 0.507 e. The van der Waals surface area contributed by atoms with E-state index in [1.165, 1.54) is 0 Å². The van der Waals surface area contributed by atoms with Crippen molar-refractivity contribution in [2.24, 2.45) is 0 Å². The third-order valence-electron chi connectivity index (χ3n) is 5.55. The molecule has 2 aliphatic rings. The van der Waals surface area contributed by atoms with Gasteiger partial charge in [0.15, 0.2) is 6.17 Å². The second-order valence-electron chi connectivity index (χ2n) is 7.41. The summed E-state index contributed by atoms with van der Waals surface area (Å²) >= 11 is 0. The van der Waals surface area contributed by atoms with Gasteiger partial charge in [-0.3, -0.25) is 9.97 Å². The lowest BCUT2D eigenvalue weighted by molar-refractivity contribution is 0.00652. The molecule has 0 radical (unpaired) electrons. The maximum Gasteiger partial charge on any atom is 0.233 e. The lowest BCUT2D eigenvalue weighted by Crippen LogP contribution is -2.59. The molecule has 0 saturated carbocycles. The molecule has 2 bridgehead atoms. The summed E-state index contributed by atoms with van der Waals surface area (Å²) in [4.78, 5) is 8.41. The lowest BCUT2D eigenvalue weighted by Gasteiger charge is -2.42. The molecule has 2 unspecified atom stereocenters. The molecule has 8 heteroatoms. The molecule has 4 heterocycles.